The zero-order valence-corrected chi connectivity index (χ0v) is 14.1. The first-order valence-electron chi connectivity index (χ1n) is 8.57. The minimum atomic E-state index is 0.000402. The molecule has 1 aromatic carbocycles. The molecule has 0 spiro atoms. The van der Waals surface area contributed by atoms with Gasteiger partial charge in [0.25, 0.3) is 5.91 Å². The van der Waals surface area contributed by atoms with E-state index in [9.17, 15) is 4.79 Å². The molecule has 1 aliphatic rings. The van der Waals surface area contributed by atoms with Crippen LogP contribution in [0.3, 0.4) is 0 Å². The highest BCUT2D eigenvalue weighted by molar-refractivity contribution is 5.93. The van der Waals surface area contributed by atoms with Crippen LogP contribution in [0.25, 0.3) is 11.4 Å². The Hall–Kier alpha value is -2.95. The van der Waals surface area contributed by atoms with Crippen LogP contribution >= 0.6 is 0 Å². The Kier molecular flexibility index (Phi) is 4.06. The molecule has 0 aliphatic carbocycles. The maximum Gasteiger partial charge on any atom is 0.272 e. The lowest BCUT2D eigenvalue weighted by molar-refractivity contribution is 0.0729. The van der Waals surface area contributed by atoms with Crippen molar-refractivity contribution >= 4 is 5.91 Å². The van der Waals surface area contributed by atoms with Gasteiger partial charge in [0.05, 0.1) is 11.7 Å². The van der Waals surface area contributed by atoms with Crippen molar-refractivity contribution < 1.29 is 4.79 Å². The maximum absolute atomic E-state index is 13.0. The molecule has 5 nitrogen and oxygen atoms in total. The number of H-pyrrole nitrogens is 1. The summed E-state index contributed by atoms with van der Waals surface area (Å²) >= 11 is 0. The van der Waals surface area contributed by atoms with E-state index in [-0.39, 0.29) is 11.9 Å². The second-order valence-electron chi connectivity index (χ2n) is 6.39. The van der Waals surface area contributed by atoms with Crippen molar-refractivity contribution in [1.29, 1.82) is 0 Å². The van der Waals surface area contributed by atoms with Gasteiger partial charge in [-0.2, -0.15) is 5.10 Å². The molecule has 126 valence electrons. The number of hydrogen-bond donors (Lipinski definition) is 1. The fourth-order valence-corrected chi connectivity index (χ4v) is 3.53. The molecule has 1 amide bonds. The van der Waals surface area contributed by atoms with Crippen molar-refractivity contribution in [3.8, 4) is 11.4 Å². The summed E-state index contributed by atoms with van der Waals surface area (Å²) in [6.07, 6.45) is 3.74. The van der Waals surface area contributed by atoms with E-state index in [1.54, 1.807) is 12.3 Å². The largest absolute Gasteiger partial charge is 0.330 e. The number of hydrogen-bond acceptors (Lipinski definition) is 3. The lowest BCUT2D eigenvalue weighted by Gasteiger charge is -2.25. The first-order chi connectivity index (χ1) is 12.2. The highest BCUT2D eigenvalue weighted by atomic mass is 16.2. The molecule has 1 aliphatic heterocycles. The van der Waals surface area contributed by atoms with Gasteiger partial charge in [-0.1, -0.05) is 30.3 Å². The van der Waals surface area contributed by atoms with Gasteiger partial charge < -0.3 is 4.90 Å². The van der Waals surface area contributed by atoms with Gasteiger partial charge in [0.15, 0.2) is 0 Å². The molecule has 1 saturated heterocycles. The van der Waals surface area contributed by atoms with Crippen molar-refractivity contribution in [2.24, 2.45) is 0 Å². The summed E-state index contributed by atoms with van der Waals surface area (Å²) < 4.78 is 0. The third-order valence-corrected chi connectivity index (χ3v) is 4.80. The second kappa shape index (κ2) is 6.51. The fraction of sp³-hybridized carbons (Fsp3) is 0.250. The number of carbonyl (C=O) groups is 1. The molecule has 3 heterocycles. The van der Waals surface area contributed by atoms with Crippen LogP contribution in [0.1, 0.15) is 40.5 Å². The number of amides is 1. The molecule has 0 unspecified atom stereocenters. The minimum absolute atomic E-state index is 0.000402. The highest BCUT2D eigenvalue weighted by Crippen LogP contribution is 2.34. The second-order valence-corrected chi connectivity index (χ2v) is 6.39. The van der Waals surface area contributed by atoms with Crippen molar-refractivity contribution in [3.05, 3.63) is 71.5 Å². The van der Waals surface area contributed by atoms with Crippen LogP contribution in [0.2, 0.25) is 0 Å². The predicted octanol–water partition coefficient (Wildman–Crippen LogP) is 3.76. The van der Waals surface area contributed by atoms with E-state index in [0.29, 0.717) is 11.4 Å². The molecule has 25 heavy (non-hydrogen) atoms. The molecule has 3 aromatic rings. The molecule has 0 saturated carbocycles. The Morgan fingerprint density at radius 3 is 2.80 bits per heavy atom. The normalized spacial score (nSPS) is 17.0. The predicted molar refractivity (Wildman–Crippen MR) is 96.0 cm³/mol. The SMILES string of the molecule is Cc1ccccc1[C@H]1CCCN1C(=O)c1cc(-c2ccccn2)n[nH]1. The third-order valence-electron chi connectivity index (χ3n) is 4.80. The molecular weight excluding hydrogens is 312 g/mol. The van der Waals surface area contributed by atoms with Crippen LogP contribution in [0.4, 0.5) is 0 Å². The van der Waals surface area contributed by atoms with E-state index in [0.717, 1.165) is 25.1 Å². The number of benzene rings is 1. The highest BCUT2D eigenvalue weighted by Gasteiger charge is 2.32. The van der Waals surface area contributed by atoms with Crippen LogP contribution in [0.15, 0.2) is 54.7 Å². The summed E-state index contributed by atoms with van der Waals surface area (Å²) in [5.41, 5.74) is 4.43. The summed E-state index contributed by atoms with van der Waals surface area (Å²) in [6, 6.07) is 15.9. The number of pyridine rings is 1. The fourth-order valence-electron chi connectivity index (χ4n) is 3.53. The maximum atomic E-state index is 13.0. The van der Waals surface area contributed by atoms with E-state index >= 15 is 0 Å². The number of rotatable bonds is 3. The third kappa shape index (κ3) is 2.93. The summed E-state index contributed by atoms with van der Waals surface area (Å²) in [7, 11) is 0. The molecule has 5 heteroatoms. The number of carbonyl (C=O) groups excluding carboxylic acids is 1. The minimum Gasteiger partial charge on any atom is -0.330 e. The number of nitrogens with zero attached hydrogens (tertiary/aromatic N) is 3. The summed E-state index contributed by atoms with van der Waals surface area (Å²) in [5, 5.41) is 7.15. The number of aromatic amines is 1. The van der Waals surface area contributed by atoms with Gasteiger partial charge in [-0.15, -0.1) is 0 Å². The molecule has 1 N–H and O–H groups in total. The van der Waals surface area contributed by atoms with Gasteiger partial charge in [-0.3, -0.25) is 14.9 Å². The Morgan fingerprint density at radius 2 is 2.00 bits per heavy atom. The Morgan fingerprint density at radius 1 is 1.16 bits per heavy atom. The monoisotopic (exact) mass is 332 g/mol. The molecule has 0 bridgehead atoms. The van der Waals surface area contributed by atoms with Crippen LogP contribution < -0.4 is 0 Å². The molecule has 0 radical (unpaired) electrons. The van der Waals surface area contributed by atoms with E-state index in [2.05, 4.69) is 34.2 Å². The lowest BCUT2D eigenvalue weighted by Crippen LogP contribution is -2.31. The summed E-state index contributed by atoms with van der Waals surface area (Å²) in [5.74, 6) is 0.000402. The van der Waals surface area contributed by atoms with Gasteiger partial charge >= 0.3 is 0 Å². The van der Waals surface area contributed by atoms with Crippen molar-refractivity contribution in [3.63, 3.8) is 0 Å². The van der Waals surface area contributed by atoms with Crippen LogP contribution in [-0.4, -0.2) is 32.5 Å². The van der Waals surface area contributed by atoms with Crippen molar-refractivity contribution in [2.45, 2.75) is 25.8 Å². The zero-order valence-electron chi connectivity index (χ0n) is 14.1. The average Bonchev–Trinajstić information content (AvgIpc) is 3.32. The zero-order chi connectivity index (χ0) is 17.2. The van der Waals surface area contributed by atoms with Crippen LogP contribution in [0, 0.1) is 6.92 Å². The first-order valence-corrected chi connectivity index (χ1v) is 8.57. The standard InChI is InChI=1S/C20H20N4O/c1-14-7-2-3-8-15(14)19-10-6-12-24(19)20(25)18-13-17(22-23-18)16-9-4-5-11-21-16/h2-5,7-9,11,13,19H,6,10,12H2,1H3,(H,22,23)/t19-/m1/s1. The van der Waals surface area contributed by atoms with E-state index in [4.69, 9.17) is 0 Å². The number of aromatic nitrogens is 3. The Labute approximate surface area is 146 Å². The number of likely N-dealkylation sites (tertiary alicyclic amines) is 1. The van der Waals surface area contributed by atoms with Crippen molar-refractivity contribution in [1.82, 2.24) is 20.1 Å². The topological polar surface area (TPSA) is 61.9 Å². The van der Waals surface area contributed by atoms with Crippen LogP contribution in [-0.2, 0) is 0 Å². The molecule has 1 fully saturated rings. The van der Waals surface area contributed by atoms with Gasteiger partial charge in [-0.25, -0.2) is 0 Å². The Bertz CT molecular complexity index is 887. The van der Waals surface area contributed by atoms with Gasteiger partial charge in [0, 0.05) is 12.7 Å². The van der Waals surface area contributed by atoms with Gasteiger partial charge in [-0.05, 0) is 49.1 Å². The molecule has 2 aromatic heterocycles. The first kappa shape index (κ1) is 15.6. The lowest BCUT2D eigenvalue weighted by atomic mass is 9.99. The molecular formula is C20H20N4O. The van der Waals surface area contributed by atoms with Gasteiger partial charge in [0.2, 0.25) is 0 Å². The van der Waals surface area contributed by atoms with E-state index in [1.165, 1.54) is 11.1 Å². The van der Waals surface area contributed by atoms with Crippen LogP contribution in [0.5, 0.6) is 0 Å². The quantitative estimate of drug-likeness (QED) is 0.794. The summed E-state index contributed by atoms with van der Waals surface area (Å²) in [4.78, 5) is 19.3. The van der Waals surface area contributed by atoms with E-state index < -0.39 is 0 Å². The van der Waals surface area contributed by atoms with Gasteiger partial charge in [0.1, 0.15) is 11.4 Å². The average molecular weight is 332 g/mol. The molecule has 4 rings (SSSR count). The smallest absolute Gasteiger partial charge is 0.272 e. The summed E-state index contributed by atoms with van der Waals surface area (Å²) in [6.45, 7) is 2.88. The number of aryl methyl sites for hydroxylation is 1. The number of nitrogens with one attached hydrogen (secondary N) is 1. The Balaban J connectivity index is 1.60. The molecule has 1 atom stereocenters. The van der Waals surface area contributed by atoms with E-state index in [1.807, 2.05) is 35.2 Å². The van der Waals surface area contributed by atoms with Crippen molar-refractivity contribution in [2.75, 3.05) is 6.54 Å².